The molecule has 9 nitrogen and oxygen atoms in total. The zero-order valence-electron chi connectivity index (χ0n) is 11.6. The minimum atomic E-state index is -0.940. The van der Waals surface area contributed by atoms with E-state index in [1.54, 1.807) is 12.1 Å². The number of nitrogens with one attached hydrogen (secondary N) is 3. The number of rotatable bonds is 4. The van der Waals surface area contributed by atoms with Gasteiger partial charge in [-0.3, -0.25) is 19.6 Å². The Morgan fingerprint density at radius 3 is 2.55 bits per heavy atom. The van der Waals surface area contributed by atoms with Gasteiger partial charge in [0.15, 0.2) is 0 Å². The van der Waals surface area contributed by atoms with Gasteiger partial charge < -0.3 is 10.4 Å². The molecule has 0 aliphatic rings. The van der Waals surface area contributed by atoms with Crippen molar-refractivity contribution in [1.29, 1.82) is 0 Å². The fourth-order valence-electron chi connectivity index (χ4n) is 1.55. The lowest BCUT2D eigenvalue weighted by Crippen LogP contribution is -2.21. The van der Waals surface area contributed by atoms with Crippen LogP contribution < -0.4 is 16.6 Å². The van der Waals surface area contributed by atoms with E-state index < -0.39 is 28.7 Å². The van der Waals surface area contributed by atoms with Crippen LogP contribution in [-0.4, -0.2) is 27.5 Å². The second-order valence-electron chi connectivity index (χ2n) is 4.42. The van der Waals surface area contributed by atoms with Gasteiger partial charge in [0.1, 0.15) is 0 Å². The molecule has 2 rings (SSSR count). The van der Waals surface area contributed by atoms with Crippen LogP contribution in [0.15, 0.2) is 44.1 Å². The van der Waals surface area contributed by atoms with E-state index in [9.17, 15) is 19.5 Å². The van der Waals surface area contributed by atoms with E-state index in [0.29, 0.717) is 0 Å². The lowest BCUT2D eigenvalue weighted by molar-refractivity contribution is -0.116. The minimum Gasteiger partial charge on any atom is -0.493 e. The highest BCUT2D eigenvalue weighted by molar-refractivity contribution is 5.81. The maximum Gasteiger partial charge on any atom is 0.328 e. The SMILES string of the molecule is Cc1ccc(NCC(=O)N=Nc2c(O)[nH]c(=O)[nH]c2=O)cc1. The van der Waals surface area contributed by atoms with E-state index in [1.165, 1.54) is 0 Å². The first-order valence-corrected chi connectivity index (χ1v) is 6.26. The van der Waals surface area contributed by atoms with E-state index in [2.05, 4.69) is 15.5 Å². The molecule has 0 atom stereocenters. The van der Waals surface area contributed by atoms with Crippen LogP contribution in [0.5, 0.6) is 5.88 Å². The summed E-state index contributed by atoms with van der Waals surface area (Å²) in [6.07, 6.45) is 0. The Balaban J connectivity index is 2.01. The molecule has 0 bridgehead atoms. The summed E-state index contributed by atoms with van der Waals surface area (Å²) in [7, 11) is 0. The summed E-state index contributed by atoms with van der Waals surface area (Å²) < 4.78 is 0. The summed E-state index contributed by atoms with van der Waals surface area (Å²) >= 11 is 0. The number of carbonyl (C=O) groups is 1. The molecule has 1 aromatic carbocycles. The Bertz CT molecular complexity index is 820. The molecule has 0 saturated heterocycles. The van der Waals surface area contributed by atoms with Crippen LogP contribution in [0.3, 0.4) is 0 Å². The molecule has 0 radical (unpaired) electrons. The van der Waals surface area contributed by atoms with Crippen LogP contribution in [0.25, 0.3) is 0 Å². The fourth-order valence-corrected chi connectivity index (χ4v) is 1.55. The average Bonchev–Trinajstić information content (AvgIpc) is 2.45. The Morgan fingerprint density at radius 2 is 1.91 bits per heavy atom. The van der Waals surface area contributed by atoms with Crippen LogP contribution in [0, 0.1) is 6.92 Å². The van der Waals surface area contributed by atoms with Crippen LogP contribution in [0.2, 0.25) is 0 Å². The Morgan fingerprint density at radius 1 is 1.23 bits per heavy atom. The maximum absolute atomic E-state index is 11.6. The summed E-state index contributed by atoms with van der Waals surface area (Å²) in [5.74, 6) is -1.40. The summed E-state index contributed by atoms with van der Waals surface area (Å²) in [5.41, 5.74) is -0.537. The van der Waals surface area contributed by atoms with E-state index in [4.69, 9.17) is 0 Å². The first kappa shape index (κ1) is 15.2. The molecule has 1 heterocycles. The van der Waals surface area contributed by atoms with Crippen LogP contribution in [0.4, 0.5) is 11.4 Å². The molecule has 4 N–H and O–H groups in total. The van der Waals surface area contributed by atoms with Gasteiger partial charge in [0.05, 0.1) is 6.54 Å². The molecule has 0 fully saturated rings. The number of azo groups is 1. The summed E-state index contributed by atoms with van der Waals surface area (Å²) in [4.78, 5) is 37.6. The topological polar surface area (TPSA) is 140 Å². The quantitative estimate of drug-likeness (QED) is 0.618. The van der Waals surface area contributed by atoms with E-state index in [-0.39, 0.29) is 6.54 Å². The Kier molecular flexibility index (Phi) is 4.47. The molecule has 9 heteroatoms. The number of aryl methyl sites for hydroxylation is 1. The minimum absolute atomic E-state index is 0.130. The first-order chi connectivity index (χ1) is 10.5. The van der Waals surface area contributed by atoms with Gasteiger partial charge in [0.2, 0.25) is 11.6 Å². The molecule has 114 valence electrons. The van der Waals surface area contributed by atoms with Crippen molar-refractivity contribution in [2.45, 2.75) is 6.92 Å². The number of aromatic hydroxyl groups is 1. The highest BCUT2D eigenvalue weighted by Gasteiger charge is 2.08. The van der Waals surface area contributed by atoms with Crippen molar-refractivity contribution in [1.82, 2.24) is 9.97 Å². The smallest absolute Gasteiger partial charge is 0.328 e. The van der Waals surface area contributed by atoms with Gasteiger partial charge in [-0.1, -0.05) is 17.7 Å². The van der Waals surface area contributed by atoms with Crippen LogP contribution in [-0.2, 0) is 4.79 Å². The third-order valence-corrected chi connectivity index (χ3v) is 2.66. The van der Waals surface area contributed by atoms with Crippen molar-refractivity contribution >= 4 is 17.3 Å². The highest BCUT2D eigenvalue weighted by Crippen LogP contribution is 2.15. The molecular weight excluding hydrogens is 290 g/mol. The molecular formula is C13H13N5O4. The number of nitrogens with zero attached hydrogens (tertiary/aromatic N) is 2. The number of aromatic nitrogens is 2. The first-order valence-electron chi connectivity index (χ1n) is 6.26. The molecule has 1 aromatic heterocycles. The van der Waals surface area contributed by atoms with Crippen molar-refractivity contribution in [2.75, 3.05) is 11.9 Å². The van der Waals surface area contributed by atoms with Crippen molar-refractivity contribution in [3.05, 3.63) is 50.7 Å². The lowest BCUT2D eigenvalue weighted by Gasteiger charge is -2.03. The van der Waals surface area contributed by atoms with Crippen LogP contribution >= 0.6 is 0 Å². The second-order valence-corrected chi connectivity index (χ2v) is 4.42. The standard InChI is InChI=1S/C13H13N5O4/c1-7-2-4-8(5-3-7)14-6-9(19)17-18-10-11(20)15-13(22)16-12(10)21/h2-5,14H,6H2,1H3,(H3,15,16,20,21,22). The second kappa shape index (κ2) is 6.48. The number of anilines is 1. The van der Waals surface area contributed by atoms with Crippen molar-refractivity contribution in [3.8, 4) is 5.88 Å². The molecule has 2 aromatic rings. The van der Waals surface area contributed by atoms with Gasteiger partial charge in [-0.05, 0) is 19.1 Å². The number of H-pyrrole nitrogens is 2. The van der Waals surface area contributed by atoms with Gasteiger partial charge in [0, 0.05) is 5.69 Å². The van der Waals surface area contributed by atoms with Crippen molar-refractivity contribution in [3.63, 3.8) is 0 Å². The molecule has 0 aliphatic heterocycles. The molecule has 0 saturated carbocycles. The highest BCUT2D eigenvalue weighted by atomic mass is 16.3. The van der Waals surface area contributed by atoms with Gasteiger partial charge in [-0.2, -0.15) is 0 Å². The number of hydrogen-bond acceptors (Lipinski definition) is 6. The zero-order valence-corrected chi connectivity index (χ0v) is 11.6. The number of amides is 1. The molecule has 0 unspecified atom stereocenters. The third-order valence-electron chi connectivity index (χ3n) is 2.66. The van der Waals surface area contributed by atoms with Crippen LogP contribution in [0.1, 0.15) is 5.56 Å². The molecule has 0 aliphatic carbocycles. The monoisotopic (exact) mass is 303 g/mol. The Labute approximate surface area is 123 Å². The van der Waals surface area contributed by atoms with E-state index >= 15 is 0 Å². The predicted molar refractivity (Wildman–Crippen MR) is 78.5 cm³/mol. The normalized spacial score (nSPS) is 10.8. The maximum atomic E-state index is 11.6. The van der Waals surface area contributed by atoms with Crippen molar-refractivity contribution < 1.29 is 9.90 Å². The Hall–Kier alpha value is -3.23. The van der Waals surface area contributed by atoms with Crippen molar-refractivity contribution in [2.24, 2.45) is 10.2 Å². The predicted octanol–water partition coefficient (Wildman–Crippen LogP) is 0.800. The zero-order chi connectivity index (χ0) is 16.1. The summed E-state index contributed by atoms with van der Waals surface area (Å²) in [6, 6.07) is 7.37. The molecule has 0 spiro atoms. The summed E-state index contributed by atoms with van der Waals surface area (Å²) in [6.45, 7) is 1.81. The fraction of sp³-hybridized carbons (Fsp3) is 0.154. The van der Waals surface area contributed by atoms with E-state index in [1.807, 2.05) is 29.0 Å². The van der Waals surface area contributed by atoms with E-state index in [0.717, 1.165) is 11.3 Å². The van der Waals surface area contributed by atoms with Gasteiger partial charge in [-0.25, -0.2) is 4.79 Å². The largest absolute Gasteiger partial charge is 0.493 e. The average molecular weight is 303 g/mol. The molecule has 1 amide bonds. The third kappa shape index (κ3) is 3.88. The van der Waals surface area contributed by atoms with Gasteiger partial charge in [-0.15, -0.1) is 10.2 Å². The number of benzene rings is 1. The summed E-state index contributed by atoms with van der Waals surface area (Å²) in [5, 5.41) is 18.8. The number of carbonyl (C=O) groups excluding carboxylic acids is 1. The lowest BCUT2D eigenvalue weighted by atomic mass is 10.2. The van der Waals surface area contributed by atoms with Gasteiger partial charge >= 0.3 is 5.69 Å². The number of aromatic amines is 2. The molecule has 22 heavy (non-hydrogen) atoms. The van der Waals surface area contributed by atoms with Gasteiger partial charge in [0.25, 0.3) is 11.5 Å². The number of hydrogen-bond donors (Lipinski definition) is 4.